The van der Waals surface area contributed by atoms with E-state index in [2.05, 4.69) is 20.6 Å². The van der Waals surface area contributed by atoms with E-state index in [4.69, 9.17) is 16.3 Å². The van der Waals surface area contributed by atoms with Crippen molar-refractivity contribution in [2.75, 3.05) is 12.4 Å². The van der Waals surface area contributed by atoms with E-state index in [1.54, 1.807) is 36.7 Å². The van der Waals surface area contributed by atoms with Crippen LogP contribution in [0, 0.1) is 0 Å². The monoisotopic (exact) mass is 396 g/mol. The van der Waals surface area contributed by atoms with Crippen molar-refractivity contribution in [3.63, 3.8) is 0 Å². The molecule has 2 heterocycles. The van der Waals surface area contributed by atoms with Gasteiger partial charge in [-0.25, -0.2) is 0 Å². The number of aromatic nitrogens is 2. The number of nitrogens with zero attached hydrogens (tertiary/aromatic N) is 2. The number of nitrogens with one attached hydrogen (secondary N) is 2. The van der Waals surface area contributed by atoms with E-state index < -0.39 is 5.91 Å². The number of hydrogen-bond donors (Lipinski definition) is 2. The number of amides is 2. The molecule has 28 heavy (non-hydrogen) atoms. The van der Waals surface area contributed by atoms with E-state index in [0.29, 0.717) is 28.6 Å². The highest BCUT2D eigenvalue weighted by Crippen LogP contribution is 2.27. The molecule has 3 rings (SSSR count). The summed E-state index contributed by atoms with van der Waals surface area (Å²) in [6, 6.07) is 11.5. The smallest absolute Gasteiger partial charge is 0.274 e. The number of methoxy groups -OCH3 is 1. The van der Waals surface area contributed by atoms with Crippen LogP contribution in [0.2, 0.25) is 5.02 Å². The summed E-state index contributed by atoms with van der Waals surface area (Å²) in [7, 11) is 1.51. The van der Waals surface area contributed by atoms with Gasteiger partial charge < -0.3 is 15.4 Å². The van der Waals surface area contributed by atoms with Crippen molar-refractivity contribution in [2.45, 2.75) is 6.54 Å². The number of pyridine rings is 2. The van der Waals surface area contributed by atoms with Gasteiger partial charge in [0.1, 0.15) is 11.4 Å². The van der Waals surface area contributed by atoms with Crippen molar-refractivity contribution in [3.05, 3.63) is 82.9 Å². The van der Waals surface area contributed by atoms with Crippen LogP contribution in [-0.2, 0) is 6.54 Å². The summed E-state index contributed by atoms with van der Waals surface area (Å²) in [5.74, 6) is -0.253. The Morgan fingerprint density at radius 3 is 2.54 bits per heavy atom. The Morgan fingerprint density at radius 2 is 1.82 bits per heavy atom. The average Bonchev–Trinajstić information content (AvgIpc) is 2.73. The number of hydrogen-bond acceptors (Lipinski definition) is 5. The fourth-order valence-electron chi connectivity index (χ4n) is 2.42. The zero-order valence-electron chi connectivity index (χ0n) is 15.0. The molecule has 3 aromatic rings. The molecule has 0 aliphatic carbocycles. The van der Waals surface area contributed by atoms with Crippen LogP contribution in [0.3, 0.4) is 0 Å². The van der Waals surface area contributed by atoms with E-state index in [1.807, 2.05) is 12.1 Å². The highest BCUT2D eigenvalue weighted by molar-refractivity contribution is 6.32. The van der Waals surface area contributed by atoms with Gasteiger partial charge in [0.2, 0.25) is 0 Å². The van der Waals surface area contributed by atoms with Crippen molar-refractivity contribution < 1.29 is 14.3 Å². The summed E-state index contributed by atoms with van der Waals surface area (Å²) in [5, 5.41) is 5.86. The molecule has 2 N–H and O–H groups in total. The number of ether oxygens (including phenoxy) is 1. The van der Waals surface area contributed by atoms with E-state index >= 15 is 0 Å². The molecule has 0 aliphatic heterocycles. The van der Waals surface area contributed by atoms with Crippen LogP contribution in [0.1, 0.15) is 26.4 Å². The third-order valence-corrected chi connectivity index (χ3v) is 4.16. The fraction of sp³-hybridized carbons (Fsp3) is 0.100. The molecular formula is C20H17ClN4O3. The summed E-state index contributed by atoms with van der Waals surface area (Å²) in [4.78, 5) is 32.8. The molecule has 0 saturated heterocycles. The Morgan fingerprint density at radius 1 is 1.04 bits per heavy atom. The normalized spacial score (nSPS) is 10.2. The molecule has 7 nitrogen and oxygen atoms in total. The van der Waals surface area contributed by atoms with Gasteiger partial charge in [-0.1, -0.05) is 11.6 Å². The third-order valence-electron chi connectivity index (χ3n) is 3.87. The minimum absolute atomic E-state index is 0.114. The second-order valence-corrected chi connectivity index (χ2v) is 6.18. The maximum atomic E-state index is 12.4. The lowest BCUT2D eigenvalue weighted by Gasteiger charge is -2.09. The lowest BCUT2D eigenvalue weighted by Crippen LogP contribution is -2.23. The first-order chi connectivity index (χ1) is 13.6. The molecule has 1 aromatic carbocycles. The predicted molar refractivity (Wildman–Crippen MR) is 106 cm³/mol. The second kappa shape index (κ2) is 8.96. The largest absolute Gasteiger partial charge is 0.495 e. The van der Waals surface area contributed by atoms with E-state index in [-0.39, 0.29) is 11.6 Å². The van der Waals surface area contributed by atoms with Crippen molar-refractivity contribution in [3.8, 4) is 5.75 Å². The summed E-state index contributed by atoms with van der Waals surface area (Å²) < 4.78 is 5.08. The number of rotatable bonds is 6. The van der Waals surface area contributed by atoms with Gasteiger partial charge in [0.05, 0.1) is 12.1 Å². The predicted octanol–water partition coefficient (Wildman–Crippen LogP) is 3.32. The number of anilines is 1. The molecule has 0 atom stereocenters. The molecule has 2 aromatic heterocycles. The highest BCUT2D eigenvalue weighted by atomic mass is 35.5. The Hall–Kier alpha value is -3.45. The first kappa shape index (κ1) is 19.3. The molecule has 8 heteroatoms. The van der Waals surface area contributed by atoms with Crippen molar-refractivity contribution >= 4 is 29.1 Å². The summed E-state index contributed by atoms with van der Waals surface area (Å²) in [6.07, 6.45) is 4.72. The fourth-order valence-corrected chi connectivity index (χ4v) is 2.68. The van der Waals surface area contributed by atoms with Gasteiger partial charge >= 0.3 is 0 Å². The molecule has 2 amide bonds. The SMILES string of the molecule is COc1ccc(NC(=O)c2cc(C(=O)NCc3ccncc3)ccn2)cc1Cl. The van der Waals surface area contributed by atoms with Gasteiger partial charge in [-0.2, -0.15) is 0 Å². The second-order valence-electron chi connectivity index (χ2n) is 5.77. The topological polar surface area (TPSA) is 93.2 Å². The Kier molecular flexibility index (Phi) is 6.18. The van der Waals surface area contributed by atoms with Crippen molar-refractivity contribution in [1.82, 2.24) is 15.3 Å². The minimum Gasteiger partial charge on any atom is -0.495 e. The third kappa shape index (κ3) is 4.83. The van der Waals surface area contributed by atoms with Crippen molar-refractivity contribution in [1.29, 1.82) is 0 Å². The zero-order chi connectivity index (χ0) is 19.9. The quantitative estimate of drug-likeness (QED) is 0.666. The van der Waals surface area contributed by atoms with Crippen LogP contribution in [0.25, 0.3) is 0 Å². The molecular weight excluding hydrogens is 380 g/mol. The van der Waals surface area contributed by atoms with Gasteiger partial charge in [0.15, 0.2) is 0 Å². The zero-order valence-corrected chi connectivity index (χ0v) is 15.7. The van der Waals surface area contributed by atoms with E-state index in [1.165, 1.54) is 19.4 Å². The summed E-state index contributed by atoms with van der Waals surface area (Å²) in [5.41, 5.74) is 1.86. The summed E-state index contributed by atoms with van der Waals surface area (Å²) in [6.45, 7) is 0.357. The highest BCUT2D eigenvalue weighted by Gasteiger charge is 2.13. The Bertz CT molecular complexity index is 996. The van der Waals surface area contributed by atoms with Gasteiger partial charge in [0.25, 0.3) is 11.8 Å². The van der Waals surface area contributed by atoms with E-state index in [0.717, 1.165) is 5.56 Å². The lowest BCUT2D eigenvalue weighted by atomic mass is 10.2. The van der Waals surface area contributed by atoms with Gasteiger partial charge in [-0.3, -0.25) is 19.6 Å². The molecule has 142 valence electrons. The Labute approximate surface area is 166 Å². The number of halogens is 1. The number of carbonyl (C=O) groups is 2. The molecule has 0 saturated carbocycles. The minimum atomic E-state index is -0.454. The van der Waals surface area contributed by atoms with Crippen LogP contribution in [0.15, 0.2) is 61.1 Å². The van der Waals surface area contributed by atoms with Gasteiger partial charge in [-0.15, -0.1) is 0 Å². The summed E-state index contributed by atoms with van der Waals surface area (Å²) >= 11 is 6.06. The maximum Gasteiger partial charge on any atom is 0.274 e. The standard InChI is InChI=1S/C20H17ClN4O3/c1-28-18-3-2-15(11-16(18)21)25-20(27)17-10-14(6-9-23-17)19(26)24-12-13-4-7-22-8-5-13/h2-11H,12H2,1H3,(H,24,26)(H,25,27). The first-order valence-corrected chi connectivity index (χ1v) is 8.72. The molecule has 0 radical (unpaired) electrons. The average molecular weight is 397 g/mol. The molecule has 0 unspecified atom stereocenters. The molecule has 0 fully saturated rings. The Balaban J connectivity index is 1.67. The molecule has 0 spiro atoms. The van der Waals surface area contributed by atoms with Crippen LogP contribution >= 0.6 is 11.6 Å². The molecule has 0 bridgehead atoms. The van der Waals surface area contributed by atoms with E-state index in [9.17, 15) is 9.59 Å². The van der Waals surface area contributed by atoms with Crippen LogP contribution in [-0.4, -0.2) is 28.9 Å². The number of benzene rings is 1. The first-order valence-electron chi connectivity index (χ1n) is 8.35. The van der Waals surface area contributed by atoms with Gasteiger partial charge in [-0.05, 0) is 48.0 Å². The van der Waals surface area contributed by atoms with Gasteiger partial charge in [0, 0.05) is 36.4 Å². The van der Waals surface area contributed by atoms with Crippen LogP contribution < -0.4 is 15.4 Å². The maximum absolute atomic E-state index is 12.4. The number of carbonyl (C=O) groups excluding carboxylic acids is 2. The van der Waals surface area contributed by atoms with Crippen LogP contribution in [0.5, 0.6) is 5.75 Å². The van der Waals surface area contributed by atoms with Crippen LogP contribution in [0.4, 0.5) is 5.69 Å². The lowest BCUT2D eigenvalue weighted by molar-refractivity contribution is 0.0950. The van der Waals surface area contributed by atoms with Crippen molar-refractivity contribution in [2.24, 2.45) is 0 Å². The molecule has 0 aliphatic rings.